The van der Waals surface area contributed by atoms with Crippen LogP contribution in [-0.2, 0) is 15.6 Å². The molecule has 0 aliphatic heterocycles. The predicted molar refractivity (Wildman–Crippen MR) is 108 cm³/mol. The number of aliphatic hydroxyl groups is 1. The highest BCUT2D eigenvalue weighted by Crippen LogP contribution is 2.22. The van der Waals surface area contributed by atoms with Gasteiger partial charge < -0.3 is 19.7 Å². The van der Waals surface area contributed by atoms with E-state index in [1.165, 1.54) is 38.2 Å². The van der Waals surface area contributed by atoms with Crippen LogP contribution >= 0.6 is 8.03 Å². The Balaban J connectivity index is 2.15. The quantitative estimate of drug-likeness (QED) is 0.221. The number of halogens is 1. The van der Waals surface area contributed by atoms with E-state index >= 15 is 0 Å². The van der Waals surface area contributed by atoms with Gasteiger partial charge in [0.25, 0.3) is 0 Å². The van der Waals surface area contributed by atoms with Gasteiger partial charge in [-0.1, -0.05) is 51.5 Å². The second kappa shape index (κ2) is 16.1. The monoisotopic (exact) mass is 403 g/mol. The molecule has 0 fully saturated rings. The zero-order chi connectivity index (χ0) is 19.7. The molecule has 0 radical (unpaired) electrons. The second-order valence-corrected chi connectivity index (χ2v) is 8.19. The Morgan fingerprint density at radius 3 is 2.56 bits per heavy atom. The number of rotatable bonds is 17. The molecule has 0 heterocycles. The molecule has 0 aromatic heterocycles. The van der Waals surface area contributed by atoms with E-state index in [4.69, 9.17) is 9.84 Å². The van der Waals surface area contributed by atoms with Crippen molar-refractivity contribution in [2.75, 3.05) is 26.1 Å². The van der Waals surface area contributed by atoms with Crippen LogP contribution in [0.25, 0.3) is 0 Å². The molecule has 1 aromatic carbocycles. The molecule has 0 saturated carbocycles. The Bertz CT molecular complexity index is 531. The van der Waals surface area contributed by atoms with E-state index in [0.29, 0.717) is 38.0 Å². The van der Waals surface area contributed by atoms with Crippen LogP contribution in [0.2, 0.25) is 0 Å². The predicted octanol–water partition coefficient (Wildman–Crippen LogP) is 4.88. The molecule has 7 heteroatoms. The van der Waals surface area contributed by atoms with Crippen LogP contribution in [0.5, 0.6) is 5.75 Å². The average Bonchev–Trinajstić information content (AvgIpc) is 2.65. The van der Waals surface area contributed by atoms with Gasteiger partial charge in [0.1, 0.15) is 6.79 Å². The van der Waals surface area contributed by atoms with Crippen molar-refractivity contribution in [3.05, 3.63) is 29.6 Å². The fourth-order valence-electron chi connectivity index (χ4n) is 2.75. The average molecular weight is 403 g/mol. The van der Waals surface area contributed by atoms with Crippen LogP contribution in [0.4, 0.5) is 4.39 Å². The zero-order valence-electron chi connectivity index (χ0n) is 16.5. The first-order valence-corrected chi connectivity index (χ1v) is 11.6. The van der Waals surface area contributed by atoms with Gasteiger partial charge in [-0.05, 0) is 37.1 Å². The molecule has 1 atom stereocenters. The number of benzene rings is 1. The lowest BCUT2D eigenvalue weighted by Gasteiger charge is -2.10. The summed E-state index contributed by atoms with van der Waals surface area (Å²) in [5.74, 6) is -0.0249. The minimum absolute atomic E-state index is 0.310. The van der Waals surface area contributed by atoms with Crippen molar-refractivity contribution in [1.82, 2.24) is 5.32 Å². The first kappa shape index (κ1) is 24.1. The summed E-state index contributed by atoms with van der Waals surface area (Å²) >= 11 is 0. The van der Waals surface area contributed by atoms with Crippen LogP contribution in [0.3, 0.4) is 0 Å². The van der Waals surface area contributed by atoms with Crippen molar-refractivity contribution >= 4 is 8.03 Å². The largest absolute Gasteiger partial charge is 0.491 e. The lowest BCUT2D eigenvalue weighted by atomic mass is 10.1. The lowest BCUT2D eigenvalue weighted by Crippen LogP contribution is -2.15. The summed E-state index contributed by atoms with van der Waals surface area (Å²) in [6.45, 7) is 3.46. The number of unbranched alkanes of at least 4 members (excludes halogenated alkanes) is 6. The number of aliphatic hydroxyl groups excluding tert-OH is 1. The first-order valence-electron chi connectivity index (χ1n) is 10.1. The van der Waals surface area contributed by atoms with E-state index in [-0.39, 0.29) is 5.82 Å². The summed E-state index contributed by atoms with van der Waals surface area (Å²) in [5.41, 5.74) is 0.843. The minimum Gasteiger partial charge on any atom is -0.491 e. The highest BCUT2D eigenvalue weighted by molar-refractivity contribution is 7.39. The van der Waals surface area contributed by atoms with Gasteiger partial charge in [0.2, 0.25) is 0 Å². The van der Waals surface area contributed by atoms with E-state index in [1.54, 1.807) is 6.07 Å². The van der Waals surface area contributed by atoms with E-state index in [9.17, 15) is 8.96 Å². The fourth-order valence-corrected chi connectivity index (χ4v) is 3.50. The molecule has 1 unspecified atom stereocenters. The van der Waals surface area contributed by atoms with Gasteiger partial charge in [-0.15, -0.1) is 0 Å². The number of ether oxygens (including phenoxy) is 1. The maximum atomic E-state index is 14.1. The summed E-state index contributed by atoms with van der Waals surface area (Å²) in [4.78, 5) is 0. The topological polar surface area (TPSA) is 67.8 Å². The first-order chi connectivity index (χ1) is 13.2. The highest BCUT2D eigenvalue weighted by Gasteiger charge is 2.05. The Labute approximate surface area is 163 Å². The molecule has 0 aliphatic rings. The minimum atomic E-state index is -2.13. The molecule has 0 spiro atoms. The Morgan fingerprint density at radius 1 is 1.11 bits per heavy atom. The molecule has 156 valence electrons. The van der Waals surface area contributed by atoms with Crippen molar-refractivity contribution in [3.8, 4) is 5.75 Å². The standard InChI is InChI=1S/C20H35FNO4P/c1-2-3-4-5-6-7-8-13-25-20-11-10-18(15-19(20)21)16-22-12-9-14-27(24)26-17-23/h10-11,15,22-23,27H,2-9,12-14,16-17H2,1H3. The van der Waals surface area contributed by atoms with Gasteiger partial charge in [0.15, 0.2) is 19.6 Å². The van der Waals surface area contributed by atoms with Gasteiger partial charge in [0.05, 0.1) is 6.61 Å². The Morgan fingerprint density at radius 2 is 1.85 bits per heavy atom. The van der Waals surface area contributed by atoms with Gasteiger partial charge in [0, 0.05) is 12.7 Å². The van der Waals surface area contributed by atoms with Crippen LogP contribution in [-0.4, -0.2) is 31.2 Å². The SMILES string of the molecule is CCCCCCCCCOc1ccc(CNCCC[PH](=O)OCO)cc1F. The summed E-state index contributed by atoms with van der Waals surface area (Å²) in [5, 5.41) is 11.7. The number of hydrogen-bond donors (Lipinski definition) is 2. The molecule has 27 heavy (non-hydrogen) atoms. The van der Waals surface area contributed by atoms with Gasteiger partial charge >= 0.3 is 0 Å². The Kier molecular flexibility index (Phi) is 14.3. The van der Waals surface area contributed by atoms with Gasteiger partial charge in [-0.25, -0.2) is 4.39 Å². The van der Waals surface area contributed by atoms with Crippen LogP contribution in [0, 0.1) is 5.82 Å². The normalized spacial score (nSPS) is 12.3. The molecular weight excluding hydrogens is 368 g/mol. The third kappa shape index (κ3) is 12.2. The number of hydrogen-bond acceptors (Lipinski definition) is 5. The van der Waals surface area contributed by atoms with Crippen molar-refractivity contribution in [2.45, 2.75) is 64.8 Å². The summed E-state index contributed by atoms with van der Waals surface area (Å²) < 4.78 is 35.5. The third-order valence-corrected chi connectivity index (χ3v) is 5.50. The fraction of sp³-hybridized carbons (Fsp3) is 0.700. The summed E-state index contributed by atoms with van der Waals surface area (Å²) in [6, 6.07) is 5.03. The molecule has 0 bridgehead atoms. The van der Waals surface area contributed by atoms with Crippen LogP contribution in [0.1, 0.15) is 63.9 Å². The van der Waals surface area contributed by atoms with E-state index < -0.39 is 14.8 Å². The van der Waals surface area contributed by atoms with Crippen LogP contribution in [0.15, 0.2) is 18.2 Å². The molecule has 0 amide bonds. The van der Waals surface area contributed by atoms with Crippen molar-refractivity contribution in [1.29, 1.82) is 0 Å². The second-order valence-electron chi connectivity index (χ2n) is 6.66. The molecule has 5 nitrogen and oxygen atoms in total. The zero-order valence-corrected chi connectivity index (χ0v) is 17.5. The van der Waals surface area contributed by atoms with Crippen molar-refractivity contribution in [3.63, 3.8) is 0 Å². The van der Waals surface area contributed by atoms with E-state index in [2.05, 4.69) is 16.8 Å². The molecule has 2 N–H and O–H groups in total. The molecule has 1 rings (SSSR count). The summed E-state index contributed by atoms with van der Waals surface area (Å²) in [6.07, 6.45) is 9.55. The van der Waals surface area contributed by atoms with Gasteiger partial charge in [-0.3, -0.25) is 4.57 Å². The molecular formula is C20H35FNO4P. The molecule has 0 aliphatic carbocycles. The summed E-state index contributed by atoms with van der Waals surface area (Å²) in [7, 11) is -2.13. The maximum Gasteiger partial charge on any atom is 0.193 e. The maximum absolute atomic E-state index is 14.1. The highest BCUT2D eigenvalue weighted by atomic mass is 31.1. The molecule has 1 aromatic rings. The lowest BCUT2D eigenvalue weighted by molar-refractivity contribution is 0.107. The Hall–Kier alpha value is -0.940. The smallest absolute Gasteiger partial charge is 0.193 e. The number of nitrogens with one attached hydrogen (secondary N) is 1. The molecule has 0 saturated heterocycles. The van der Waals surface area contributed by atoms with E-state index in [0.717, 1.165) is 18.4 Å². The third-order valence-electron chi connectivity index (χ3n) is 4.29. The van der Waals surface area contributed by atoms with E-state index in [1.807, 2.05) is 6.07 Å². The van der Waals surface area contributed by atoms with Gasteiger partial charge in [-0.2, -0.15) is 0 Å². The van der Waals surface area contributed by atoms with Crippen molar-refractivity contribution in [2.24, 2.45) is 0 Å². The van der Waals surface area contributed by atoms with Crippen molar-refractivity contribution < 1.29 is 23.3 Å². The van der Waals surface area contributed by atoms with Crippen LogP contribution < -0.4 is 10.1 Å².